The van der Waals surface area contributed by atoms with Crippen LogP contribution in [0.1, 0.15) is 39.2 Å². The van der Waals surface area contributed by atoms with Gasteiger partial charge in [0.15, 0.2) is 0 Å². The van der Waals surface area contributed by atoms with Crippen molar-refractivity contribution in [2.24, 2.45) is 5.41 Å². The monoisotopic (exact) mass is 366 g/mol. The summed E-state index contributed by atoms with van der Waals surface area (Å²) in [5.74, 6) is 0.255. The molecule has 0 heterocycles. The number of aryl methyl sites for hydroxylation is 1. The van der Waals surface area contributed by atoms with Crippen LogP contribution in [0.5, 0.6) is 5.75 Å². The lowest BCUT2D eigenvalue weighted by atomic mass is 10.0. The van der Waals surface area contributed by atoms with Gasteiger partial charge in [-0.3, -0.25) is 9.59 Å². The van der Waals surface area contributed by atoms with E-state index in [1.165, 1.54) is 0 Å². The van der Waals surface area contributed by atoms with Gasteiger partial charge in [-0.1, -0.05) is 25.1 Å². The van der Waals surface area contributed by atoms with Crippen LogP contribution >= 0.6 is 0 Å². The Balaban J connectivity index is 1.66. The number of nitrogens with one attached hydrogen (secondary N) is 2. The highest BCUT2D eigenvalue weighted by Crippen LogP contribution is 2.47. The second-order valence-corrected chi connectivity index (χ2v) is 7.19. The first kappa shape index (κ1) is 19.0. The third-order valence-electron chi connectivity index (χ3n) is 4.75. The number of para-hydroxylation sites is 1. The Morgan fingerprint density at radius 3 is 2.22 bits per heavy atom. The van der Waals surface area contributed by atoms with Gasteiger partial charge >= 0.3 is 0 Å². The fraction of sp³-hybridized carbons (Fsp3) is 0.364. The summed E-state index contributed by atoms with van der Waals surface area (Å²) in [6, 6.07) is 14.9. The Morgan fingerprint density at radius 1 is 1.00 bits per heavy atom. The molecule has 2 aromatic carbocycles. The summed E-state index contributed by atoms with van der Waals surface area (Å²) >= 11 is 0. The van der Waals surface area contributed by atoms with E-state index in [0.717, 1.165) is 23.4 Å². The fourth-order valence-corrected chi connectivity index (χ4v) is 3.01. The molecular formula is C22H26N2O3. The fourth-order valence-electron chi connectivity index (χ4n) is 3.01. The molecule has 3 rings (SSSR count). The van der Waals surface area contributed by atoms with Gasteiger partial charge in [-0.25, -0.2) is 0 Å². The van der Waals surface area contributed by atoms with Crippen LogP contribution in [-0.2, 0) is 16.0 Å². The number of amides is 2. The summed E-state index contributed by atoms with van der Waals surface area (Å²) in [6.45, 7) is 5.96. The van der Waals surface area contributed by atoms with E-state index in [2.05, 4.69) is 10.6 Å². The van der Waals surface area contributed by atoms with Crippen LogP contribution in [0.15, 0.2) is 48.5 Å². The molecule has 1 aliphatic rings. The van der Waals surface area contributed by atoms with Crippen molar-refractivity contribution < 1.29 is 14.3 Å². The highest BCUT2D eigenvalue weighted by atomic mass is 16.5. The normalized spacial score (nSPS) is 14.5. The number of hydrogen-bond acceptors (Lipinski definition) is 3. The SMILES string of the molecule is CCc1ccccc1NC(=O)C1(C(=O)Nc2ccc(OC(C)C)cc2)CC1. The van der Waals surface area contributed by atoms with Crippen LogP contribution in [0.4, 0.5) is 11.4 Å². The van der Waals surface area contributed by atoms with Crippen LogP contribution in [0.25, 0.3) is 0 Å². The molecule has 1 fully saturated rings. The largest absolute Gasteiger partial charge is 0.491 e. The predicted molar refractivity (Wildman–Crippen MR) is 107 cm³/mol. The van der Waals surface area contributed by atoms with E-state index in [0.29, 0.717) is 18.5 Å². The molecule has 1 saturated carbocycles. The minimum atomic E-state index is -0.978. The van der Waals surface area contributed by atoms with E-state index in [9.17, 15) is 9.59 Å². The molecular weight excluding hydrogens is 340 g/mol. The zero-order valence-corrected chi connectivity index (χ0v) is 16.0. The second kappa shape index (κ2) is 7.82. The smallest absolute Gasteiger partial charge is 0.240 e. The first-order valence-electron chi connectivity index (χ1n) is 9.42. The molecule has 2 N–H and O–H groups in total. The molecule has 0 unspecified atom stereocenters. The number of carbonyl (C=O) groups is 2. The predicted octanol–water partition coefficient (Wildman–Crippen LogP) is 4.39. The molecule has 0 radical (unpaired) electrons. The van der Waals surface area contributed by atoms with Gasteiger partial charge in [0.1, 0.15) is 11.2 Å². The number of carbonyl (C=O) groups excluding carboxylic acids is 2. The lowest BCUT2D eigenvalue weighted by molar-refractivity contribution is -0.131. The zero-order valence-electron chi connectivity index (χ0n) is 16.0. The number of anilines is 2. The Bertz CT molecular complexity index is 824. The average molecular weight is 366 g/mol. The molecule has 5 heteroatoms. The summed E-state index contributed by atoms with van der Waals surface area (Å²) in [5, 5.41) is 5.81. The van der Waals surface area contributed by atoms with Gasteiger partial charge < -0.3 is 15.4 Å². The maximum absolute atomic E-state index is 12.8. The molecule has 5 nitrogen and oxygen atoms in total. The van der Waals surface area contributed by atoms with Crippen LogP contribution in [0.2, 0.25) is 0 Å². The van der Waals surface area contributed by atoms with Gasteiger partial charge in [-0.05, 0) is 69.0 Å². The summed E-state index contributed by atoms with van der Waals surface area (Å²) in [5.41, 5.74) is 1.51. The maximum atomic E-state index is 12.8. The molecule has 0 spiro atoms. The Morgan fingerprint density at radius 2 is 1.63 bits per heavy atom. The van der Waals surface area contributed by atoms with E-state index < -0.39 is 5.41 Å². The maximum Gasteiger partial charge on any atom is 0.240 e. The van der Waals surface area contributed by atoms with Crippen molar-refractivity contribution >= 4 is 23.2 Å². The Hall–Kier alpha value is -2.82. The van der Waals surface area contributed by atoms with E-state index >= 15 is 0 Å². The number of ether oxygens (including phenoxy) is 1. The molecule has 2 aromatic rings. The molecule has 0 aromatic heterocycles. The number of benzene rings is 2. The van der Waals surface area contributed by atoms with E-state index in [1.807, 2.05) is 57.2 Å². The average Bonchev–Trinajstić information content (AvgIpc) is 3.45. The summed E-state index contributed by atoms with van der Waals surface area (Å²) in [6.07, 6.45) is 2.04. The van der Waals surface area contributed by atoms with Gasteiger partial charge in [0.05, 0.1) is 6.10 Å². The molecule has 0 atom stereocenters. The highest BCUT2D eigenvalue weighted by molar-refractivity contribution is 6.17. The van der Waals surface area contributed by atoms with Crippen molar-refractivity contribution in [3.05, 3.63) is 54.1 Å². The van der Waals surface area contributed by atoms with E-state index in [4.69, 9.17) is 4.74 Å². The lowest BCUT2D eigenvalue weighted by Crippen LogP contribution is -2.35. The minimum Gasteiger partial charge on any atom is -0.491 e. The van der Waals surface area contributed by atoms with Crippen molar-refractivity contribution in [3.8, 4) is 5.75 Å². The molecule has 0 bridgehead atoms. The van der Waals surface area contributed by atoms with Crippen molar-refractivity contribution in [2.45, 2.75) is 46.1 Å². The summed E-state index contributed by atoms with van der Waals surface area (Å²) < 4.78 is 5.60. The lowest BCUT2D eigenvalue weighted by Gasteiger charge is -2.17. The molecule has 0 saturated heterocycles. The van der Waals surface area contributed by atoms with Crippen molar-refractivity contribution in [2.75, 3.05) is 10.6 Å². The first-order valence-corrected chi connectivity index (χ1v) is 9.42. The molecule has 2 amide bonds. The number of rotatable bonds is 7. The van der Waals surface area contributed by atoms with Gasteiger partial charge in [0.25, 0.3) is 0 Å². The quantitative estimate of drug-likeness (QED) is 0.714. The molecule has 27 heavy (non-hydrogen) atoms. The molecule has 142 valence electrons. The van der Waals surface area contributed by atoms with Gasteiger partial charge in [0, 0.05) is 11.4 Å². The highest BCUT2D eigenvalue weighted by Gasteiger charge is 2.56. The standard InChI is InChI=1S/C22H26N2O3/c1-4-16-7-5-6-8-19(16)24-21(26)22(13-14-22)20(25)23-17-9-11-18(12-10-17)27-15(2)3/h5-12,15H,4,13-14H2,1-3H3,(H,23,25)(H,24,26). The third-order valence-corrected chi connectivity index (χ3v) is 4.75. The molecule has 1 aliphatic carbocycles. The van der Waals surface area contributed by atoms with Crippen LogP contribution in [-0.4, -0.2) is 17.9 Å². The minimum absolute atomic E-state index is 0.0925. The van der Waals surface area contributed by atoms with Crippen LogP contribution < -0.4 is 15.4 Å². The van der Waals surface area contributed by atoms with Gasteiger partial charge in [0.2, 0.25) is 11.8 Å². The topological polar surface area (TPSA) is 67.4 Å². The first-order chi connectivity index (χ1) is 12.9. The third kappa shape index (κ3) is 4.30. The van der Waals surface area contributed by atoms with Crippen molar-refractivity contribution in [1.82, 2.24) is 0 Å². The van der Waals surface area contributed by atoms with Crippen LogP contribution in [0.3, 0.4) is 0 Å². The van der Waals surface area contributed by atoms with E-state index in [-0.39, 0.29) is 17.9 Å². The van der Waals surface area contributed by atoms with Gasteiger partial charge in [-0.15, -0.1) is 0 Å². The Kier molecular flexibility index (Phi) is 5.49. The van der Waals surface area contributed by atoms with E-state index in [1.54, 1.807) is 12.1 Å². The number of hydrogen-bond donors (Lipinski definition) is 2. The molecule has 0 aliphatic heterocycles. The van der Waals surface area contributed by atoms with Gasteiger partial charge in [-0.2, -0.15) is 0 Å². The van der Waals surface area contributed by atoms with Crippen LogP contribution in [0, 0.1) is 5.41 Å². The zero-order chi connectivity index (χ0) is 19.4. The summed E-state index contributed by atoms with van der Waals surface area (Å²) in [4.78, 5) is 25.5. The summed E-state index contributed by atoms with van der Waals surface area (Å²) in [7, 11) is 0. The van der Waals surface area contributed by atoms with Crippen molar-refractivity contribution in [3.63, 3.8) is 0 Å². The Labute approximate surface area is 160 Å². The van der Waals surface area contributed by atoms with Crippen molar-refractivity contribution in [1.29, 1.82) is 0 Å². The second-order valence-electron chi connectivity index (χ2n) is 7.19.